The van der Waals surface area contributed by atoms with Crippen LogP contribution >= 0.6 is 0 Å². The van der Waals surface area contributed by atoms with Crippen LogP contribution in [0, 0.1) is 23.2 Å². The number of rotatable bonds is 3. The van der Waals surface area contributed by atoms with Gasteiger partial charge in [0.25, 0.3) is 0 Å². The molecule has 2 fully saturated rings. The molecular weight excluding hydrogens is 284 g/mol. The van der Waals surface area contributed by atoms with Crippen LogP contribution in [0.4, 0.5) is 0 Å². The van der Waals surface area contributed by atoms with E-state index in [2.05, 4.69) is 0 Å². The Bertz CT molecular complexity index is 421. The zero-order valence-electron chi connectivity index (χ0n) is 14.1. The lowest BCUT2D eigenvalue weighted by Gasteiger charge is -2.59. The van der Waals surface area contributed by atoms with Crippen molar-refractivity contribution in [1.82, 2.24) is 0 Å². The topological polar surface area (TPSA) is 87.0 Å². The van der Waals surface area contributed by atoms with E-state index < -0.39 is 17.1 Å². The number of hydrogen-bond donors (Lipinski definition) is 3. The summed E-state index contributed by atoms with van der Waals surface area (Å²) in [7, 11) is 0. The van der Waals surface area contributed by atoms with Crippen LogP contribution in [0.25, 0.3) is 0 Å². The van der Waals surface area contributed by atoms with Gasteiger partial charge in [0.2, 0.25) is 0 Å². The van der Waals surface area contributed by atoms with Crippen molar-refractivity contribution in [3.8, 4) is 0 Å². The van der Waals surface area contributed by atoms with Gasteiger partial charge >= 0.3 is 5.97 Å². The first kappa shape index (κ1) is 17.7. The van der Waals surface area contributed by atoms with Crippen molar-refractivity contribution in [3.63, 3.8) is 0 Å². The highest BCUT2D eigenvalue weighted by molar-refractivity contribution is 5.66. The molecule has 0 heterocycles. The van der Waals surface area contributed by atoms with E-state index in [1.807, 2.05) is 13.8 Å². The van der Waals surface area contributed by atoms with Crippen LogP contribution in [-0.4, -0.2) is 45.7 Å². The number of hydrogen-bond acceptors (Lipinski definition) is 5. The fourth-order valence-electron chi connectivity index (χ4n) is 4.94. The smallest absolute Gasteiger partial charge is 0.302 e. The maximum absolute atomic E-state index is 11.4. The Labute approximate surface area is 132 Å². The zero-order valence-corrected chi connectivity index (χ0v) is 14.1. The summed E-state index contributed by atoms with van der Waals surface area (Å²) in [4.78, 5) is 11.4. The molecule has 0 saturated heterocycles. The minimum absolute atomic E-state index is 0.00977. The maximum atomic E-state index is 11.4. The molecule has 0 aliphatic heterocycles. The van der Waals surface area contributed by atoms with Crippen molar-refractivity contribution in [3.05, 3.63) is 0 Å². The van der Waals surface area contributed by atoms with Gasteiger partial charge in [-0.2, -0.15) is 0 Å². The molecule has 7 atom stereocenters. The lowest BCUT2D eigenvalue weighted by Crippen LogP contribution is -2.64. The van der Waals surface area contributed by atoms with E-state index in [0.29, 0.717) is 12.8 Å². The summed E-state index contributed by atoms with van der Waals surface area (Å²) < 4.78 is 5.52. The predicted molar refractivity (Wildman–Crippen MR) is 82.0 cm³/mol. The van der Waals surface area contributed by atoms with E-state index in [1.54, 1.807) is 6.92 Å². The quantitative estimate of drug-likeness (QED) is 0.687. The van der Waals surface area contributed by atoms with E-state index in [1.165, 1.54) is 6.92 Å². The van der Waals surface area contributed by atoms with E-state index in [0.717, 1.165) is 12.8 Å². The molecule has 3 N–H and O–H groups in total. The molecule has 0 aromatic rings. The van der Waals surface area contributed by atoms with Crippen molar-refractivity contribution in [1.29, 1.82) is 0 Å². The van der Waals surface area contributed by atoms with Gasteiger partial charge in [0, 0.05) is 24.9 Å². The van der Waals surface area contributed by atoms with Gasteiger partial charge in [-0.05, 0) is 44.4 Å². The van der Waals surface area contributed by atoms with Crippen LogP contribution in [0.1, 0.15) is 53.4 Å². The molecule has 2 aliphatic rings. The summed E-state index contributed by atoms with van der Waals surface area (Å²) >= 11 is 0. The average Bonchev–Trinajstić information content (AvgIpc) is 2.41. The van der Waals surface area contributed by atoms with E-state index in [4.69, 9.17) is 4.74 Å². The van der Waals surface area contributed by atoms with Crippen LogP contribution in [0.3, 0.4) is 0 Å². The van der Waals surface area contributed by atoms with Crippen molar-refractivity contribution in [2.45, 2.75) is 71.2 Å². The molecule has 0 radical (unpaired) electrons. The Morgan fingerprint density at radius 1 is 1.32 bits per heavy atom. The second-order valence-corrected chi connectivity index (χ2v) is 7.83. The molecule has 22 heavy (non-hydrogen) atoms. The summed E-state index contributed by atoms with van der Waals surface area (Å²) in [5.74, 6) is -0.715. The van der Waals surface area contributed by atoms with Gasteiger partial charge in [-0.25, -0.2) is 0 Å². The zero-order chi connectivity index (χ0) is 16.7. The number of carbonyl (C=O) groups excluding carboxylic acids is 1. The second kappa shape index (κ2) is 6.10. The van der Waals surface area contributed by atoms with E-state index >= 15 is 0 Å². The van der Waals surface area contributed by atoms with Crippen LogP contribution in [0.5, 0.6) is 0 Å². The molecule has 2 unspecified atom stereocenters. The molecule has 5 heteroatoms. The molecule has 2 saturated carbocycles. The van der Waals surface area contributed by atoms with Gasteiger partial charge in [-0.15, -0.1) is 0 Å². The van der Waals surface area contributed by atoms with Crippen molar-refractivity contribution < 1.29 is 24.9 Å². The van der Waals surface area contributed by atoms with Crippen LogP contribution in [0.15, 0.2) is 0 Å². The highest BCUT2D eigenvalue weighted by atomic mass is 16.5. The number of fused-ring (bicyclic) bond motifs is 1. The Morgan fingerprint density at radius 3 is 2.50 bits per heavy atom. The third kappa shape index (κ3) is 2.91. The Kier molecular flexibility index (Phi) is 4.91. The largest absolute Gasteiger partial charge is 0.462 e. The predicted octanol–water partition coefficient (Wildman–Crippen LogP) is 1.48. The molecule has 0 aromatic heterocycles. The summed E-state index contributed by atoms with van der Waals surface area (Å²) in [6.45, 7) is 7.15. The summed E-state index contributed by atoms with van der Waals surface area (Å²) in [5, 5.41) is 31.2. The molecule has 128 valence electrons. The Morgan fingerprint density at radius 2 is 1.95 bits per heavy atom. The molecule has 2 rings (SSSR count). The minimum atomic E-state index is -0.987. The summed E-state index contributed by atoms with van der Waals surface area (Å²) in [6.07, 6.45) is 1.70. The molecule has 0 amide bonds. The number of aliphatic hydroxyl groups is 3. The van der Waals surface area contributed by atoms with Gasteiger partial charge in [-0.3, -0.25) is 4.79 Å². The second-order valence-electron chi connectivity index (χ2n) is 7.83. The van der Waals surface area contributed by atoms with Crippen molar-refractivity contribution >= 4 is 5.97 Å². The van der Waals surface area contributed by atoms with Crippen molar-refractivity contribution in [2.24, 2.45) is 23.2 Å². The highest BCUT2D eigenvalue weighted by Gasteiger charge is 2.60. The molecule has 0 spiro atoms. The Hall–Kier alpha value is -0.650. The minimum Gasteiger partial charge on any atom is -0.462 e. The number of ether oxygens (including phenoxy) is 1. The number of carbonyl (C=O) groups is 1. The third-order valence-electron chi connectivity index (χ3n) is 6.15. The maximum Gasteiger partial charge on any atom is 0.302 e. The fraction of sp³-hybridized carbons (Fsp3) is 0.941. The number of aliphatic hydroxyl groups excluding tert-OH is 2. The van der Waals surface area contributed by atoms with Crippen molar-refractivity contribution in [2.75, 3.05) is 6.61 Å². The Balaban J connectivity index is 2.33. The summed E-state index contributed by atoms with van der Waals surface area (Å²) in [6, 6.07) is 0. The fourth-order valence-corrected chi connectivity index (χ4v) is 4.94. The van der Waals surface area contributed by atoms with E-state index in [-0.39, 0.29) is 36.4 Å². The van der Waals surface area contributed by atoms with Gasteiger partial charge in [0.1, 0.15) is 6.10 Å². The van der Waals surface area contributed by atoms with Gasteiger partial charge in [0.05, 0.1) is 11.7 Å². The molecule has 0 bridgehead atoms. The molecular formula is C17H30O5. The highest BCUT2D eigenvalue weighted by Crippen LogP contribution is 2.57. The first-order valence-corrected chi connectivity index (χ1v) is 8.32. The van der Waals surface area contributed by atoms with Gasteiger partial charge in [0.15, 0.2) is 0 Å². The standard InChI is InChI=1S/C17H30O5/c1-10(9-18)12-5-7-16(3)13(22-11(2)19)6-8-17(4,21)15(16)14(12)20/h10,12-15,18,20-21H,5-9H2,1-4H3/t10-,12+,13-,14?,15?,16+,17-/m1/s1. The molecule has 2 aliphatic carbocycles. The first-order chi connectivity index (χ1) is 10.1. The van der Waals surface area contributed by atoms with Gasteiger partial charge < -0.3 is 20.1 Å². The van der Waals surface area contributed by atoms with Crippen LogP contribution in [-0.2, 0) is 9.53 Å². The first-order valence-electron chi connectivity index (χ1n) is 8.32. The number of esters is 1. The lowest BCUT2D eigenvalue weighted by molar-refractivity contribution is -0.229. The summed E-state index contributed by atoms with van der Waals surface area (Å²) in [5.41, 5.74) is -1.42. The average molecular weight is 314 g/mol. The van der Waals surface area contributed by atoms with Crippen LogP contribution in [0.2, 0.25) is 0 Å². The lowest BCUT2D eigenvalue weighted by atomic mass is 9.50. The normalized spacial score (nSPS) is 46.7. The third-order valence-corrected chi connectivity index (χ3v) is 6.15. The van der Waals surface area contributed by atoms with E-state index in [9.17, 15) is 20.1 Å². The molecule has 0 aromatic carbocycles. The SMILES string of the molecule is CC(=O)O[C@@H]1CC[C@@](C)(O)C2C(O)[C@H]([C@H](C)CO)CC[C@]21C. The van der Waals surface area contributed by atoms with Gasteiger partial charge in [-0.1, -0.05) is 13.8 Å². The van der Waals surface area contributed by atoms with Crippen LogP contribution < -0.4 is 0 Å². The monoisotopic (exact) mass is 314 g/mol. The molecule has 5 nitrogen and oxygen atoms in total.